The first-order chi connectivity index (χ1) is 17.4. The molecule has 1 aromatic carbocycles. The van der Waals surface area contributed by atoms with Crippen molar-refractivity contribution in [1.82, 2.24) is 4.57 Å². The van der Waals surface area contributed by atoms with Crippen molar-refractivity contribution in [2.75, 3.05) is 6.61 Å². The topological polar surface area (TPSA) is 79.8 Å². The number of hydrogen-bond donors (Lipinski definition) is 0. The van der Waals surface area contributed by atoms with E-state index in [9.17, 15) is 23.2 Å². The van der Waals surface area contributed by atoms with E-state index in [0.29, 0.717) is 22.7 Å². The maximum atomic E-state index is 13.5. The lowest BCUT2D eigenvalue weighted by atomic mass is 9.95. The third kappa shape index (κ3) is 6.58. The molecule has 1 amide bonds. The molecular formula is C26H28F3N3O4S. The van der Waals surface area contributed by atoms with Crippen LogP contribution in [0.2, 0.25) is 0 Å². The molecule has 0 aliphatic carbocycles. The monoisotopic (exact) mass is 535 g/mol. The number of aromatic nitrogens is 2. The Labute approximate surface area is 216 Å². The molecule has 1 saturated heterocycles. The van der Waals surface area contributed by atoms with Crippen LogP contribution in [0.1, 0.15) is 60.1 Å². The molecule has 1 atom stereocenters. The average Bonchev–Trinajstić information content (AvgIpc) is 3.48. The minimum absolute atomic E-state index is 0.0198. The van der Waals surface area contributed by atoms with Gasteiger partial charge in [0, 0.05) is 29.8 Å². The second-order valence-electron chi connectivity index (χ2n) is 9.85. The van der Waals surface area contributed by atoms with Crippen molar-refractivity contribution in [3.8, 4) is 5.75 Å². The van der Waals surface area contributed by atoms with Gasteiger partial charge in [-0.3, -0.25) is 4.79 Å². The van der Waals surface area contributed by atoms with Crippen molar-refractivity contribution in [2.24, 2.45) is 4.99 Å². The summed E-state index contributed by atoms with van der Waals surface area (Å²) in [6, 6.07) is 7.36. The first-order valence-corrected chi connectivity index (χ1v) is 12.7. The highest BCUT2D eigenvalue weighted by Crippen LogP contribution is 2.33. The predicted molar refractivity (Wildman–Crippen MR) is 131 cm³/mol. The maximum Gasteiger partial charge on any atom is 0.416 e. The summed E-state index contributed by atoms with van der Waals surface area (Å²) in [4.78, 5) is 18.9. The first kappa shape index (κ1) is 26.9. The molecule has 0 saturated carbocycles. The summed E-state index contributed by atoms with van der Waals surface area (Å²) < 4.78 is 54.2. The second kappa shape index (κ2) is 10.7. The number of benzene rings is 1. The highest BCUT2D eigenvalue weighted by molar-refractivity contribution is 7.09. The van der Waals surface area contributed by atoms with Crippen LogP contribution in [0.25, 0.3) is 0 Å². The lowest BCUT2D eigenvalue weighted by Gasteiger charge is -2.15. The minimum Gasteiger partial charge on any atom is -0.618 e. The summed E-state index contributed by atoms with van der Waals surface area (Å²) in [5, 5.41) is 11.9. The zero-order chi connectivity index (χ0) is 26.8. The van der Waals surface area contributed by atoms with E-state index in [1.54, 1.807) is 12.1 Å². The molecule has 1 aliphatic rings. The van der Waals surface area contributed by atoms with Crippen molar-refractivity contribution < 1.29 is 32.2 Å². The number of amides is 1. The number of halogens is 3. The summed E-state index contributed by atoms with van der Waals surface area (Å²) in [6.07, 6.45) is 0.350. The van der Waals surface area contributed by atoms with Gasteiger partial charge in [-0.1, -0.05) is 20.8 Å². The van der Waals surface area contributed by atoms with Gasteiger partial charge >= 0.3 is 6.18 Å². The van der Waals surface area contributed by atoms with Crippen molar-refractivity contribution in [1.29, 1.82) is 0 Å². The fraction of sp³-hybridized carbons (Fsp3) is 0.423. The van der Waals surface area contributed by atoms with Crippen molar-refractivity contribution in [3.63, 3.8) is 0 Å². The number of ether oxygens (including phenoxy) is 2. The van der Waals surface area contributed by atoms with Gasteiger partial charge in [0.25, 0.3) is 5.91 Å². The normalized spacial score (nSPS) is 16.8. The van der Waals surface area contributed by atoms with E-state index in [2.05, 4.69) is 4.99 Å². The Kier molecular flexibility index (Phi) is 7.75. The molecule has 4 rings (SSSR count). The van der Waals surface area contributed by atoms with Gasteiger partial charge in [0.2, 0.25) is 5.69 Å². The molecular weight excluding hydrogens is 507 g/mol. The van der Waals surface area contributed by atoms with Crippen LogP contribution < -0.4 is 14.3 Å². The number of alkyl halides is 3. The Morgan fingerprint density at radius 1 is 1.27 bits per heavy atom. The van der Waals surface area contributed by atoms with Gasteiger partial charge in [0.1, 0.15) is 5.75 Å². The number of pyridine rings is 1. The van der Waals surface area contributed by atoms with Crippen LogP contribution in [0, 0.1) is 5.21 Å². The Hall–Kier alpha value is -3.18. The predicted octanol–water partition coefficient (Wildman–Crippen LogP) is 5.00. The smallest absolute Gasteiger partial charge is 0.416 e. The van der Waals surface area contributed by atoms with E-state index < -0.39 is 17.6 Å². The molecule has 2 aromatic heterocycles. The number of rotatable bonds is 6. The van der Waals surface area contributed by atoms with E-state index in [1.165, 1.54) is 23.6 Å². The molecule has 0 spiro atoms. The SMILES string of the molecule is CC(C)(C)c1cn(C[C@H]2CCCO2)/c(=N/C(=O)c2cc(C(F)(F)F)ccc2OCc2cccc[n+]2[O-])s1. The van der Waals surface area contributed by atoms with E-state index in [4.69, 9.17) is 9.47 Å². The minimum atomic E-state index is -4.66. The van der Waals surface area contributed by atoms with Gasteiger partial charge in [-0.2, -0.15) is 22.9 Å². The van der Waals surface area contributed by atoms with Gasteiger partial charge in [-0.25, -0.2) is 0 Å². The Balaban J connectivity index is 1.73. The molecule has 1 fully saturated rings. The second-order valence-corrected chi connectivity index (χ2v) is 10.9. The summed E-state index contributed by atoms with van der Waals surface area (Å²) in [5.41, 5.74) is -1.31. The Morgan fingerprint density at radius 2 is 2.05 bits per heavy atom. The fourth-order valence-electron chi connectivity index (χ4n) is 3.83. The third-order valence-electron chi connectivity index (χ3n) is 5.90. The lowest BCUT2D eigenvalue weighted by Crippen LogP contribution is -2.31. The van der Waals surface area contributed by atoms with Crippen molar-refractivity contribution >= 4 is 17.2 Å². The van der Waals surface area contributed by atoms with E-state index in [1.807, 2.05) is 31.5 Å². The summed E-state index contributed by atoms with van der Waals surface area (Å²) in [5.74, 6) is -0.962. The Bertz CT molecular complexity index is 1340. The van der Waals surface area contributed by atoms with Gasteiger partial charge in [0.15, 0.2) is 17.6 Å². The van der Waals surface area contributed by atoms with E-state index >= 15 is 0 Å². The number of thiazole rings is 1. The number of carbonyl (C=O) groups excluding carboxylic acids is 1. The zero-order valence-corrected chi connectivity index (χ0v) is 21.6. The number of nitrogens with zero attached hydrogens (tertiary/aromatic N) is 3. The molecule has 11 heteroatoms. The van der Waals surface area contributed by atoms with Crippen LogP contribution in [-0.4, -0.2) is 23.2 Å². The largest absolute Gasteiger partial charge is 0.618 e. The summed E-state index contributed by atoms with van der Waals surface area (Å²) in [7, 11) is 0. The maximum absolute atomic E-state index is 13.5. The lowest BCUT2D eigenvalue weighted by molar-refractivity contribution is -0.616. The van der Waals surface area contributed by atoms with Crippen LogP contribution in [0.3, 0.4) is 0 Å². The summed E-state index contributed by atoms with van der Waals surface area (Å²) >= 11 is 1.31. The third-order valence-corrected chi connectivity index (χ3v) is 7.34. The fourth-order valence-corrected chi connectivity index (χ4v) is 4.88. The number of hydrogen-bond acceptors (Lipinski definition) is 5. The molecule has 0 radical (unpaired) electrons. The molecule has 0 N–H and O–H groups in total. The number of carbonyl (C=O) groups is 1. The van der Waals surface area contributed by atoms with Crippen LogP contribution in [0.4, 0.5) is 13.2 Å². The van der Waals surface area contributed by atoms with Crippen LogP contribution in [0.5, 0.6) is 5.75 Å². The quantitative estimate of drug-likeness (QED) is 0.329. The van der Waals surface area contributed by atoms with Crippen LogP contribution in [0.15, 0.2) is 53.8 Å². The average molecular weight is 536 g/mol. The van der Waals surface area contributed by atoms with Crippen LogP contribution in [-0.2, 0) is 29.5 Å². The van der Waals surface area contributed by atoms with Crippen molar-refractivity contribution in [3.05, 3.63) is 80.5 Å². The molecule has 7 nitrogen and oxygen atoms in total. The zero-order valence-electron chi connectivity index (χ0n) is 20.7. The molecule has 1 aliphatic heterocycles. The molecule has 3 heterocycles. The summed E-state index contributed by atoms with van der Waals surface area (Å²) in [6.45, 7) is 7.02. The first-order valence-electron chi connectivity index (χ1n) is 11.8. The van der Waals surface area contributed by atoms with E-state index in [-0.39, 0.29) is 35.1 Å². The highest BCUT2D eigenvalue weighted by Gasteiger charge is 2.32. The van der Waals surface area contributed by atoms with Gasteiger partial charge in [0.05, 0.1) is 23.8 Å². The van der Waals surface area contributed by atoms with Crippen molar-refractivity contribution in [2.45, 2.75) is 64.5 Å². The van der Waals surface area contributed by atoms with Crippen LogP contribution >= 0.6 is 11.3 Å². The molecule has 3 aromatic rings. The molecule has 0 unspecified atom stereocenters. The van der Waals surface area contributed by atoms with E-state index in [0.717, 1.165) is 35.9 Å². The standard InChI is InChI=1S/C26H28F3N3O4S/c1-25(2,3)22-15-31(14-19-8-6-12-35-19)24(37-22)30-23(33)20-13-17(26(27,28)29)9-10-21(20)36-16-18-7-4-5-11-32(18)34/h4-5,7,9-11,13,15,19H,6,8,12,14,16H2,1-3H3/b30-24-/t19-/m1/s1. The van der Waals surface area contributed by atoms with Gasteiger partial charge < -0.3 is 19.2 Å². The highest BCUT2D eigenvalue weighted by atomic mass is 32.1. The molecule has 0 bridgehead atoms. The Morgan fingerprint density at radius 3 is 2.70 bits per heavy atom. The molecule has 37 heavy (non-hydrogen) atoms. The van der Waals surface area contributed by atoms with Gasteiger partial charge in [-0.05, 0) is 42.5 Å². The van der Waals surface area contributed by atoms with Gasteiger partial charge in [-0.15, -0.1) is 11.3 Å². The molecule has 198 valence electrons.